The van der Waals surface area contributed by atoms with Crippen LogP contribution in [0.3, 0.4) is 0 Å². The van der Waals surface area contributed by atoms with Crippen LogP contribution >= 0.6 is 0 Å². The molecule has 9 nitrogen and oxygen atoms in total. The molecule has 0 bridgehead atoms. The zero-order chi connectivity index (χ0) is 20.3. The fourth-order valence-corrected chi connectivity index (χ4v) is 4.36. The summed E-state index contributed by atoms with van der Waals surface area (Å²) in [7, 11) is 0. The maximum atomic E-state index is 12.9. The molecule has 0 saturated carbocycles. The van der Waals surface area contributed by atoms with Crippen molar-refractivity contribution in [2.75, 3.05) is 32.7 Å². The van der Waals surface area contributed by atoms with E-state index in [1.807, 2.05) is 0 Å². The number of halogens is 2. The number of H-pyrrole nitrogens is 1. The number of rotatable bonds is 4. The van der Waals surface area contributed by atoms with Crippen LogP contribution in [-0.2, 0) is 0 Å². The number of aromatic nitrogens is 5. The van der Waals surface area contributed by atoms with Crippen LogP contribution in [0.15, 0.2) is 29.3 Å². The second-order valence-corrected chi connectivity index (χ2v) is 7.89. The van der Waals surface area contributed by atoms with Crippen molar-refractivity contribution in [2.45, 2.75) is 13.3 Å². The molecule has 1 amide bonds. The Morgan fingerprint density at radius 1 is 1.31 bits per heavy atom. The fourth-order valence-electron chi connectivity index (χ4n) is 4.36. The van der Waals surface area contributed by atoms with E-state index in [0.717, 1.165) is 0 Å². The fraction of sp³-hybridized carbons (Fsp3) is 0.444. The van der Waals surface area contributed by atoms with Gasteiger partial charge in [0.2, 0.25) is 5.95 Å². The van der Waals surface area contributed by atoms with E-state index >= 15 is 0 Å². The molecule has 2 saturated heterocycles. The van der Waals surface area contributed by atoms with E-state index in [0.29, 0.717) is 43.0 Å². The molecule has 2 aliphatic rings. The van der Waals surface area contributed by atoms with E-state index < -0.39 is 6.43 Å². The van der Waals surface area contributed by atoms with Gasteiger partial charge in [0.05, 0.1) is 24.0 Å². The van der Waals surface area contributed by atoms with Gasteiger partial charge in [0, 0.05) is 37.8 Å². The molecule has 2 aliphatic heterocycles. The number of carbonyl (C=O) groups excluding carboxylic acids is 1. The Kier molecular flexibility index (Phi) is 3.85. The Morgan fingerprint density at radius 2 is 2.07 bits per heavy atom. The third kappa shape index (κ3) is 2.84. The lowest BCUT2D eigenvalue weighted by atomic mass is 9.72. The number of hydrogen-bond acceptors (Lipinski definition) is 5. The van der Waals surface area contributed by atoms with Gasteiger partial charge in [-0.1, -0.05) is 0 Å². The van der Waals surface area contributed by atoms with Crippen LogP contribution in [-0.4, -0.2) is 79.2 Å². The number of likely N-dealkylation sites (tertiary alicyclic amines) is 2. The molecule has 1 N–H and O–H groups in total. The summed E-state index contributed by atoms with van der Waals surface area (Å²) in [6.45, 7) is 3.84. The lowest BCUT2D eigenvalue weighted by Gasteiger charge is -2.60. The highest BCUT2D eigenvalue weighted by Crippen LogP contribution is 2.40. The first kappa shape index (κ1) is 18.0. The summed E-state index contributed by atoms with van der Waals surface area (Å²) in [6.07, 6.45) is 0.797. The number of hydrogen-bond donors (Lipinski definition) is 1. The molecule has 0 radical (unpaired) electrons. The van der Waals surface area contributed by atoms with Crippen LogP contribution in [0, 0.1) is 12.3 Å². The van der Waals surface area contributed by atoms with Crippen LogP contribution in [0.2, 0.25) is 0 Å². The molecule has 3 aromatic heterocycles. The minimum Gasteiger partial charge on any atom is -0.337 e. The highest BCUT2D eigenvalue weighted by molar-refractivity contribution is 5.95. The first-order chi connectivity index (χ1) is 13.8. The standard InChI is InChI=1S/C18H19F2N7O2/c1-11-12(16(29)25-9-18(10-25)7-24(8-18)6-14(19)20)5-21-27(11)17-22-15(28)13-3-2-4-26(13)23-17/h2-5,14H,6-10H2,1H3,(H,22,23,28). The summed E-state index contributed by atoms with van der Waals surface area (Å²) in [6, 6.07) is 3.37. The predicted molar refractivity (Wildman–Crippen MR) is 98.5 cm³/mol. The van der Waals surface area contributed by atoms with Crippen LogP contribution in [0.5, 0.6) is 0 Å². The third-order valence-electron chi connectivity index (χ3n) is 5.68. The Labute approximate surface area is 163 Å². The molecule has 11 heteroatoms. The van der Waals surface area contributed by atoms with Crippen molar-refractivity contribution < 1.29 is 13.6 Å². The lowest BCUT2D eigenvalue weighted by molar-refractivity contribution is -0.111. The first-order valence-electron chi connectivity index (χ1n) is 9.28. The van der Waals surface area contributed by atoms with Gasteiger partial charge < -0.3 is 4.90 Å². The van der Waals surface area contributed by atoms with Gasteiger partial charge in [-0.25, -0.2) is 18.0 Å². The Morgan fingerprint density at radius 3 is 2.79 bits per heavy atom. The second kappa shape index (κ2) is 6.21. The SMILES string of the molecule is Cc1c(C(=O)N2CC3(CN(CC(F)F)C3)C2)cnn1-c1nn2cccc2c(=O)[nH]1. The molecule has 3 aromatic rings. The molecule has 2 fully saturated rings. The monoisotopic (exact) mass is 403 g/mol. The van der Waals surface area contributed by atoms with Crippen LogP contribution in [0.4, 0.5) is 8.78 Å². The zero-order valence-electron chi connectivity index (χ0n) is 15.7. The Hall–Kier alpha value is -3.08. The number of carbonyl (C=O) groups is 1. The maximum Gasteiger partial charge on any atom is 0.276 e. The molecular weight excluding hydrogens is 384 g/mol. The summed E-state index contributed by atoms with van der Waals surface area (Å²) in [5.41, 5.74) is 1.06. The molecule has 1 spiro atoms. The van der Waals surface area contributed by atoms with E-state index in [9.17, 15) is 18.4 Å². The van der Waals surface area contributed by atoms with Gasteiger partial charge in [-0.15, -0.1) is 5.10 Å². The van der Waals surface area contributed by atoms with Gasteiger partial charge in [0.15, 0.2) is 0 Å². The van der Waals surface area contributed by atoms with E-state index in [1.165, 1.54) is 15.4 Å². The third-order valence-corrected chi connectivity index (χ3v) is 5.68. The molecule has 0 atom stereocenters. The minimum atomic E-state index is -2.33. The summed E-state index contributed by atoms with van der Waals surface area (Å²) >= 11 is 0. The van der Waals surface area contributed by atoms with Crippen LogP contribution < -0.4 is 5.56 Å². The summed E-state index contributed by atoms with van der Waals surface area (Å²) < 4.78 is 27.8. The smallest absolute Gasteiger partial charge is 0.276 e. The quantitative estimate of drug-likeness (QED) is 0.687. The molecule has 0 unspecified atom stereocenters. The van der Waals surface area contributed by atoms with Crippen molar-refractivity contribution in [3.63, 3.8) is 0 Å². The van der Waals surface area contributed by atoms with Crippen LogP contribution in [0.25, 0.3) is 11.5 Å². The number of aromatic amines is 1. The first-order valence-corrected chi connectivity index (χ1v) is 9.28. The van der Waals surface area contributed by atoms with Gasteiger partial charge in [-0.05, 0) is 19.1 Å². The molecule has 5 rings (SSSR count). The predicted octanol–water partition coefficient (Wildman–Crippen LogP) is 0.540. The second-order valence-electron chi connectivity index (χ2n) is 7.89. The van der Waals surface area contributed by atoms with Crippen molar-refractivity contribution in [3.05, 3.63) is 46.1 Å². The number of alkyl halides is 2. The van der Waals surface area contributed by atoms with Crippen molar-refractivity contribution in [3.8, 4) is 5.95 Å². The topological polar surface area (TPSA) is 91.5 Å². The number of nitrogens with one attached hydrogen (secondary N) is 1. The van der Waals surface area contributed by atoms with E-state index in [-0.39, 0.29) is 29.4 Å². The summed E-state index contributed by atoms with van der Waals surface area (Å²) in [5, 5.41) is 8.55. The van der Waals surface area contributed by atoms with Gasteiger partial charge in [-0.2, -0.15) is 5.10 Å². The van der Waals surface area contributed by atoms with E-state index in [1.54, 1.807) is 35.1 Å². The largest absolute Gasteiger partial charge is 0.337 e. The zero-order valence-corrected chi connectivity index (χ0v) is 15.7. The van der Waals surface area contributed by atoms with Gasteiger partial charge >= 0.3 is 0 Å². The summed E-state index contributed by atoms with van der Waals surface area (Å²) in [4.78, 5) is 31.1. The lowest BCUT2D eigenvalue weighted by Crippen LogP contribution is -2.73. The number of fused-ring (bicyclic) bond motifs is 1. The van der Waals surface area contributed by atoms with Crippen molar-refractivity contribution in [1.82, 2.24) is 34.2 Å². The molecule has 0 aliphatic carbocycles. The molecule has 0 aromatic carbocycles. The summed E-state index contributed by atoms with van der Waals surface area (Å²) in [5.74, 6) is 0.0630. The van der Waals surface area contributed by atoms with Crippen LogP contribution in [0.1, 0.15) is 16.1 Å². The van der Waals surface area contributed by atoms with Crippen molar-refractivity contribution in [2.24, 2.45) is 5.41 Å². The van der Waals surface area contributed by atoms with Gasteiger partial charge in [-0.3, -0.25) is 19.5 Å². The number of amides is 1. The maximum absolute atomic E-state index is 12.9. The Bertz CT molecular complexity index is 1150. The minimum absolute atomic E-state index is 0.0549. The van der Waals surface area contributed by atoms with Gasteiger partial charge in [0.1, 0.15) is 5.52 Å². The Balaban J connectivity index is 1.31. The number of nitrogens with zero attached hydrogens (tertiary/aromatic N) is 6. The average Bonchev–Trinajstić information content (AvgIpc) is 3.21. The highest BCUT2D eigenvalue weighted by atomic mass is 19.3. The van der Waals surface area contributed by atoms with Crippen molar-refractivity contribution >= 4 is 11.4 Å². The molecule has 5 heterocycles. The molecular formula is C18H19F2N7O2. The van der Waals surface area contributed by atoms with E-state index in [4.69, 9.17) is 0 Å². The molecule has 29 heavy (non-hydrogen) atoms. The molecule has 152 valence electrons. The average molecular weight is 403 g/mol. The van der Waals surface area contributed by atoms with Crippen molar-refractivity contribution in [1.29, 1.82) is 0 Å². The van der Waals surface area contributed by atoms with E-state index in [2.05, 4.69) is 15.2 Å². The van der Waals surface area contributed by atoms with Gasteiger partial charge in [0.25, 0.3) is 17.9 Å². The normalized spacial score (nSPS) is 18.4. The highest BCUT2D eigenvalue weighted by Gasteiger charge is 2.53.